The van der Waals surface area contributed by atoms with Crippen molar-refractivity contribution in [1.82, 2.24) is 10.3 Å². The first-order chi connectivity index (χ1) is 16.3. The Morgan fingerprint density at radius 3 is 2.51 bits per heavy atom. The van der Waals surface area contributed by atoms with E-state index in [2.05, 4.69) is 15.0 Å². The van der Waals surface area contributed by atoms with E-state index in [1.807, 2.05) is 0 Å². The highest BCUT2D eigenvalue weighted by Crippen LogP contribution is 2.31. The zero-order chi connectivity index (χ0) is 26.2. The summed E-state index contributed by atoms with van der Waals surface area (Å²) >= 11 is 0. The molecule has 2 aromatic rings. The molecule has 2 rings (SSSR count). The molecule has 0 radical (unpaired) electrons. The summed E-state index contributed by atoms with van der Waals surface area (Å²) in [6, 6.07) is 5.70. The molecule has 8 nitrogen and oxygen atoms in total. The van der Waals surface area contributed by atoms with Gasteiger partial charge in [0.1, 0.15) is 11.5 Å². The monoisotopic (exact) mass is 521 g/mol. The molecule has 1 unspecified atom stereocenters. The van der Waals surface area contributed by atoms with Gasteiger partial charge in [-0.25, -0.2) is 17.8 Å². The van der Waals surface area contributed by atoms with Crippen LogP contribution in [0.3, 0.4) is 0 Å². The number of hydrogen-bond acceptors (Lipinski definition) is 6. The normalized spacial score (nSPS) is 12.8. The fourth-order valence-corrected chi connectivity index (χ4v) is 3.62. The minimum absolute atomic E-state index is 0.0511. The molecule has 0 aliphatic carbocycles. The summed E-state index contributed by atoms with van der Waals surface area (Å²) in [7, 11) is -3.82. The van der Waals surface area contributed by atoms with Crippen molar-refractivity contribution >= 4 is 21.6 Å². The Bertz CT molecular complexity index is 1130. The largest absolute Gasteiger partial charge is 0.477 e. The molecule has 1 aromatic carbocycles. The molecule has 2 N–H and O–H groups in total. The van der Waals surface area contributed by atoms with E-state index in [-0.39, 0.29) is 35.8 Å². The summed E-state index contributed by atoms with van der Waals surface area (Å²) < 4.78 is 89.4. The lowest BCUT2D eigenvalue weighted by atomic mass is 9.98. The SMILES string of the molecule is CCOCCCOc1nc(C(F)(F)F)ccc1CNC(=O)C(C)c1cccc(F)c1NS(C)(=O)=O. The molecule has 1 heterocycles. The van der Waals surface area contributed by atoms with Crippen LogP contribution in [0, 0.1) is 5.82 Å². The summed E-state index contributed by atoms with van der Waals surface area (Å²) in [6.45, 7) is 3.92. The number of carbonyl (C=O) groups is 1. The number of pyridine rings is 1. The van der Waals surface area contributed by atoms with Gasteiger partial charge in [-0.1, -0.05) is 12.1 Å². The molecule has 1 aromatic heterocycles. The van der Waals surface area contributed by atoms with E-state index in [0.29, 0.717) is 19.6 Å². The van der Waals surface area contributed by atoms with Crippen LogP contribution in [0.15, 0.2) is 30.3 Å². The second-order valence-electron chi connectivity index (χ2n) is 7.58. The van der Waals surface area contributed by atoms with Crippen molar-refractivity contribution in [2.75, 3.05) is 30.8 Å². The average Bonchev–Trinajstić information content (AvgIpc) is 2.77. The molecule has 13 heteroatoms. The molecule has 0 aliphatic rings. The van der Waals surface area contributed by atoms with Gasteiger partial charge < -0.3 is 14.8 Å². The number of sulfonamides is 1. The van der Waals surface area contributed by atoms with Crippen LogP contribution in [0.25, 0.3) is 0 Å². The lowest BCUT2D eigenvalue weighted by Gasteiger charge is -2.18. The lowest BCUT2D eigenvalue weighted by molar-refractivity contribution is -0.141. The van der Waals surface area contributed by atoms with Crippen LogP contribution >= 0.6 is 0 Å². The first kappa shape index (κ1) is 28.3. The number of rotatable bonds is 12. The number of halogens is 4. The highest BCUT2D eigenvalue weighted by Gasteiger charge is 2.33. The quantitative estimate of drug-likeness (QED) is 0.325. The zero-order valence-corrected chi connectivity index (χ0v) is 20.2. The molecule has 0 spiro atoms. The van der Waals surface area contributed by atoms with Gasteiger partial charge in [-0.3, -0.25) is 9.52 Å². The van der Waals surface area contributed by atoms with Gasteiger partial charge >= 0.3 is 6.18 Å². The molecule has 1 amide bonds. The Morgan fingerprint density at radius 1 is 1.17 bits per heavy atom. The van der Waals surface area contributed by atoms with E-state index in [0.717, 1.165) is 24.5 Å². The van der Waals surface area contributed by atoms with Crippen molar-refractivity contribution in [3.8, 4) is 5.88 Å². The van der Waals surface area contributed by atoms with Crippen LogP contribution in [0.4, 0.5) is 23.2 Å². The number of anilines is 1. The Labute approximate surface area is 201 Å². The smallest absolute Gasteiger partial charge is 0.433 e. The molecule has 0 saturated heterocycles. The van der Waals surface area contributed by atoms with Gasteiger partial charge in [-0.05, 0) is 37.6 Å². The Morgan fingerprint density at radius 2 is 1.89 bits per heavy atom. The summed E-state index contributed by atoms with van der Waals surface area (Å²) in [5.74, 6) is -2.75. The van der Waals surface area contributed by atoms with Gasteiger partial charge in [0, 0.05) is 31.7 Å². The van der Waals surface area contributed by atoms with Crippen molar-refractivity contribution in [3.63, 3.8) is 0 Å². The third-order valence-electron chi connectivity index (χ3n) is 4.75. The van der Waals surface area contributed by atoms with Crippen molar-refractivity contribution in [2.45, 2.75) is 38.9 Å². The fourth-order valence-electron chi connectivity index (χ4n) is 3.03. The van der Waals surface area contributed by atoms with Crippen molar-refractivity contribution in [3.05, 3.63) is 53.0 Å². The van der Waals surface area contributed by atoms with Crippen LogP contribution in [-0.2, 0) is 32.3 Å². The van der Waals surface area contributed by atoms with Gasteiger partial charge in [-0.15, -0.1) is 0 Å². The predicted molar refractivity (Wildman–Crippen MR) is 121 cm³/mol. The van der Waals surface area contributed by atoms with Gasteiger partial charge in [0.05, 0.1) is 24.5 Å². The highest BCUT2D eigenvalue weighted by molar-refractivity contribution is 7.92. The highest BCUT2D eigenvalue weighted by atomic mass is 32.2. The van der Waals surface area contributed by atoms with Gasteiger partial charge in [-0.2, -0.15) is 13.2 Å². The third-order valence-corrected chi connectivity index (χ3v) is 5.33. The summed E-state index contributed by atoms with van der Waals surface area (Å²) in [4.78, 5) is 16.3. The number of alkyl halides is 3. The van der Waals surface area contributed by atoms with Gasteiger partial charge in [0.15, 0.2) is 0 Å². The maximum absolute atomic E-state index is 14.3. The number of ether oxygens (including phenoxy) is 2. The van der Waals surface area contributed by atoms with Crippen LogP contribution in [-0.4, -0.2) is 45.4 Å². The van der Waals surface area contributed by atoms with E-state index in [1.54, 1.807) is 6.92 Å². The molecular weight excluding hydrogens is 494 g/mol. The number of carbonyl (C=O) groups excluding carboxylic acids is 1. The predicted octanol–water partition coefficient (Wildman–Crippen LogP) is 3.84. The number of amides is 1. The number of benzene rings is 1. The van der Waals surface area contributed by atoms with Crippen molar-refractivity contribution < 1.29 is 40.2 Å². The van der Waals surface area contributed by atoms with E-state index in [1.165, 1.54) is 19.1 Å². The van der Waals surface area contributed by atoms with Crippen LogP contribution < -0.4 is 14.8 Å². The second-order valence-corrected chi connectivity index (χ2v) is 9.32. The number of hydrogen-bond donors (Lipinski definition) is 2. The molecule has 35 heavy (non-hydrogen) atoms. The molecule has 0 saturated carbocycles. The van der Waals surface area contributed by atoms with Gasteiger partial charge in [0.2, 0.25) is 21.8 Å². The summed E-state index contributed by atoms with van der Waals surface area (Å²) in [5.41, 5.74) is -1.21. The van der Waals surface area contributed by atoms with E-state index in [4.69, 9.17) is 9.47 Å². The van der Waals surface area contributed by atoms with Crippen LogP contribution in [0.5, 0.6) is 5.88 Å². The minimum Gasteiger partial charge on any atom is -0.477 e. The van der Waals surface area contributed by atoms with Crippen LogP contribution in [0.2, 0.25) is 0 Å². The van der Waals surface area contributed by atoms with Gasteiger partial charge in [0.25, 0.3) is 0 Å². The first-order valence-corrected chi connectivity index (χ1v) is 12.5. The molecule has 0 bridgehead atoms. The summed E-state index contributed by atoms with van der Waals surface area (Å²) in [6.07, 6.45) is -3.41. The minimum atomic E-state index is -4.68. The Hall–Kier alpha value is -2.93. The average molecular weight is 522 g/mol. The first-order valence-electron chi connectivity index (χ1n) is 10.6. The second kappa shape index (κ2) is 12.2. The molecule has 0 fully saturated rings. The number of nitrogens with one attached hydrogen (secondary N) is 2. The standard InChI is InChI=1S/C22H27F4N3O5S/c1-4-33-11-6-12-34-21-15(9-10-18(28-21)22(24,25)26)13-27-20(30)14(2)16-7-5-8-17(23)19(16)29-35(3,31)32/h5,7-10,14,29H,4,6,11-13H2,1-3H3,(H,27,30). The summed E-state index contributed by atoms with van der Waals surface area (Å²) in [5, 5.41) is 2.55. The van der Waals surface area contributed by atoms with Crippen molar-refractivity contribution in [1.29, 1.82) is 0 Å². The Kier molecular flexibility index (Phi) is 9.83. The van der Waals surface area contributed by atoms with E-state index in [9.17, 15) is 30.8 Å². The molecule has 0 aliphatic heterocycles. The lowest BCUT2D eigenvalue weighted by Crippen LogP contribution is -2.29. The maximum atomic E-state index is 14.3. The number of para-hydroxylation sites is 1. The van der Waals surface area contributed by atoms with Crippen LogP contribution in [0.1, 0.15) is 43.0 Å². The van der Waals surface area contributed by atoms with Crippen molar-refractivity contribution in [2.24, 2.45) is 0 Å². The number of aromatic nitrogens is 1. The molecular formula is C22H27F4N3O5S. The van der Waals surface area contributed by atoms with E-state index < -0.39 is 39.5 Å². The Balaban J connectivity index is 2.19. The molecule has 1 atom stereocenters. The number of nitrogens with zero attached hydrogens (tertiary/aromatic N) is 1. The third kappa shape index (κ3) is 8.66. The zero-order valence-electron chi connectivity index (χ0n) is 19.4. The molecule has 194 valence electrons. The maximum Gasteiger partial charge on any atom is 0.433 e. The van der Waals surface area contributed by atoms with E-state index >= 15 is 0 Å². The topological polar surface area (TPSA) is 107 Å². The fraction of sp³-hybridized carbons (Fsp3) is 0.455.